The van der Waals surface area contributed by atoms with Gasteiger partial charge >= 0.3 is 19.6 Å². The molecule has 2 aliphatic rings. The van der Waals surface area contributed by atoms with Crippen molar-refractivity contribution in [2.75, 3.05) is 18.0 Å². The van der Waals surface area contributed by atoms with Crippen LogP contribution in [0.2, 0.25) is 56.2 Å². The molecule has 41 heteroatoms. The Kier molecular flexibility index (Phi) is 31.4. The fourth-order valence-electron chi connectivity index (χ4n) is 9.19. The number of esters is 2. The first kappa shape index (κ1) is 83.7. The van der Waals surface area contributed by atoms with Gasteiger partial charge in [0, 0.05) is 78.0 Å². The van der Waals surface area contributed by atoms with Gasteiger partial charge < -0.3 is 19.3 Å². The van der Waals surface area contributed by atoms with Crippen LogP contribution in [0.4, 0.5) is 5.82 Å². The highest BCUT2D eigenvalue weighted by Gasteiger charge is 2.30. The zero-order valence-electron chi connectivity index (χ0n) is 52.8. The number of fused-ring (bicyclic) bond motifs is 7. The van der Waals surface area contributed by atoms with Gasteiger partial charge in [0.2, 0.25) is 0 Å². The lowest BCUT2D eigenvalue weighted by molar-refractivity contribution is 0.0441. The van der Waals surface area contributed by atoms with E-state index in [2.05, 4.69) is 120 Å². The summed E-state index contributed by atoms with van der Waals surface area (Å²) < 4.78 is 9.22. The molecule has 0 aliphatic carbocycles. The summed E-state index contributed by atoms with van der Waals surface area (Å²) in [5.41, 5.74) is 2.64. The van der Waals surface area contributed by atoms with Crippen LogP contribution >= 0.6 is 128 Å². The Morgan fingerprint density at radius 1 is 0.443 bits per heavy atom. The van der Waals surface area contributed by atoms with Gasteiger partial charge in [-0.2, -0.15) is 10.2 Å². The summed E-state index contributed by atoms with van der Waals surface area (Å²) in [7, 11) is 0.710. The third kappa shape index (κ3) is 21.6. The van der Waals surface area contributed by atoms with Crippen molar-refractivity contribution in [3.8, 4) is 5.75 Å². The molecule has 0 amide bonds. The first-order chi connectivity index (χ1) is 49.9. The Labute approximate surface area is 653 Å². The molecule has 16 rings (SSSR count). The quantitative estimate of drug-likeness (QED) is 0.0620. The third-order valence-electron chi connectivity index (χ3n) is 13.9. The van der Waals surface area contributed by atoms with E-state index in [4.69, 9.17) is 137 Å². The molecule has 0 atom stereocenters. The van der Waals surface area contributed by atoms with Crippen molar-refractivity contribution in [2.45, 2.75) is 53.9 Å². The van der Waals surface area contributed by atoms with Gasteiger partial charge in [-0.15, -0.1) is 30.6 Å². The summed E-state index contributed by atoms with van der Waals surface area (Å²) in [6, 6.07) is 24.0. The summed E-state index contributed by atoms with van der Waals surface area (Å²) >= 11 is 63.5. The van der Waals surface area contributed by atoms with E-state index in [1.807, 2.05) is 24.3 Å². The maximum Gasteiger partial charge on any atom is 0.569 e. The van der Waals surface area contributed by atoms with Gasteiger partial charge in [0.25, 0.3) is 22.2 Å². The fourth-order valence-corrected chi connectivity index (χ4v) is 11.1. The number of aromatic amines is 4. The number of hydrogen-bond donors (Lipinski definition) is 5. The number of anilines is 1. The number of H-pyrrole nitrogens is 4. The predicted octanol–water partition coefficient (Wildman–Crippen LogP) is 14.9. The topological polar surface area (TPSA) is 401 Å². The number of nitrogens with zero attached hydrogens (tertiary/aromatic N) is 16. The molecule has 5 N–H and O–H groups in total. The van der Waals surface area contributed by atoms with Gasteiger partial charge in [-0.05, 0) is 97.5 Å². The number of pyridine rings is 7. The van der Waals surface area contributed by atoms with Crippen molar-refractivity contribution in [1.82, 2.24) is 96.1 Å². The van der Waals surface area contributed by atoms with Crippen molar-refractivity contribution >= 4 is 218 Å². The van der Waals surface area contributed by atoms with E-state index in [9.17, 15) is 28.8 Å². The summed E-state index contributed by atoms with van der Waals surface area (Å²) in [5.74, 6) is 0.658. The van der Waals surface area contributed by atoms with E-state index in [-0.39, 0.29) is 85.1 Å². The molecule has 14 aromatic rings. The van der Waals surface area contributed by atoms with Gasteiger partial charge in [0.05, 0.1) is 36.4 Å². The first-order valence-electron chi connectivity index (χ1n) is 29.6. The van der Waals surface area contributed by atoms with Crippen molar-refractivity contribution in [3.63, 3.8) is 0 Å². The number of cyclic esters (lactones) is 2. The predicted molar refractivity (Wildman–Crippen MR) is 413 cm³/mol. The average molecular weight is 1660 g/mol. The zero-order chi connectivity index (χ0) is 74.7. The normalized spacial score (nSPS) is 11.7. The molecule has 15 heterocycles. The first-order valence-corrected chi connectivity index (χ1v) is 33.7. The molecule has 545 valence electrons. The lowest BCUT2D eigenvalue weighted by Crippen LogP contribution is -2.30. The smallest absolute Gasteiger partial charge is 0.537 e. The lowest BCUT2D eigenvalue weighted by Gasteiger charge is -2.27. The molecule has 1 radical (unpaired) electrons. The number of nitrogens with one attached hydrogen (secondary N) is 4. The van der Waals surface area contributed by atoms with E-state index in [0.717, 1.165) is 46.5 Å². The monoisotopic (exact) mass is 1650 g/mol. The summed E-state index contributed by atoms with van der Waals surface area (Å²) in [6.07, 6.45) is 14.1. The van der Waals surface area contributed by atoms with Gasteiger partial charge in [-0.25, -0.2) is 29.8 Å². The van der Waals surface area contributed by atoms with E-state index in [0.29, 0.717) is 82.1 Å². The van der Waals surface area contributed by atoms with E-state index in [1.165, 1.54) is 62.4 Å². The summed E-state index contributed by atoms with van der Waals surface area (Å²) in [6.45, 7) is 6.16. The Balaban J connectivity index is 0.000000169. The largest absolute Gasteiger partial charge is 0.569 e. The second-order valence-corrected chi connectivity index (χ2v) is 25.3. The number of rotatable bonds is 4. The van der Waals surface area contributed by atoms with Crippen LogP contribution in [0.1, 0.15) is 80.3 Å². The molecule has 0 spiro atoms. The number of carbonyl (C=O) groups excluding carboxylic acids is 2. The number of ether oxygens (including phenoxy) is 1. The van der Waals surface area contributed by atoms with Crippen molar-refractivity contribution < 1.29 is 24.0 Å². The van der Waals surface area contributed by atoms with Crippen LogP contribution in [0.5, 0.6) is 5.75 Å². The van der Waals surface area contributed by atoms with Crippen LogP contribution in [0.25, 0.3) is 65.4 Å². The van der Waals surface area contributed by atoms with Gasteiger partial charge in [-0.1, -0.05) is 175 Å². The Hall–Kier alpha value is -9.54. The molecule has 1 aromatic carbocycles. The zero-order valence-corrected chi connectivity index (χ0v) is 61.2. The number of hydrogen-bond acceptors (Lipinski definition) is 25. The Morgan fingerprint density at radius 3 is 1.48 bits per heavy atom. The van der Waals surface area contributed by atoms with Crippen molar-refractivity contribution in [1.29, 1.82) is 0 Å². The van der Waals surface area contributed by atoms with Crippen LogP contribution in [0.15, 0.2) is 147 Å². The minimum atomic E-state index is -0.661. The maximum absolute atomic E-state index is 11.2. The number of piperidine rings is 1. The Morgan fingerprint density at radius 2 is 0.896 bits per heavy atom. The molecule has 2 aliphatic heterocycles. The van der Waals surface area contributed by atoms with E-state index < -0.39 is 11.9 Å². The number of benzene rings is 1. The van der Waals surface area contributed by atoms with Gasteiger partial charge in [-0.3, -0.25) is 54.3 Å². The second kappa shape index (κ2) is 39.7. The molecule has 29 nitrogen and oxygen atoms in total. The van der Waals surface area contributed by atoms with Crippen LogP contribution < -0.4 is 31.8 Å². The van der Waals surface area contributed by atoms with Crippen LogP contribution in [0, 0.1) is 0 Å². The summed E-state index contributed by atoms with van der Waals surface area (Å²) in [5, 5.41) is 54.0. The van der Waals surface area contributed by atoms with Crippen molar-refractivity contribution in [2.24, 2.45) is 0 Å². The standard InChI is InChI=1S/C12H12Cl2N4.C9H12BO2.C7H2Cl3N3.2C7H3Cl2N3O.C7H3Cl2N3.C7H5N3O2.C7H3NO3.2CH4/c13-8-6-9-10(15-7-8)12(17-16-11(9)14)18-4-2-1-3-5-18;1-7(2)8-5-3-4-6-9(8)12-10-11;8-3-1-4-5(11-2-3)7(10)13-12-6(4)9;8-3-1-4-5(10-2-3)6(9)11-12-7(4)13;8-3-1-4-5(10-2-3)7(13)12-11-6(4)9;8-6-4-2-1-3-10-5(4)7(9)12-11-6;11-6-4-2-1-3-8-5(4)7(12)10-9-6;9-6-4-2-1-3-8-5(4)7(10)11-6;;/h6-7H,1-5H2;3-7,11H,1-2H3;1-2H;2*1-2H,(H,12,13);1-3H;1-3H,(H,9,11)(H,10,12);1-3H;2*1H4. The highest BCUT2D eigenvalue weighted by Crippen LogP contribution is 2.32. The fraction of sp³-hybridized carbons (Fsp3) is 0.154. The summed E-state index contributed by atoms with van der Waals surface area (Å²) in [4.78, 5) is 95.8. The molecule has 0 unspecified atom stereocenters. The lowest BCUT2D eigenvalue weighted by atomic mass is 10.0. The number of aromatic nitrogens is 19. The third-order valence-corrected chi connectivity index (χ3v) is 16.6. The molecule has 1 fully saturated rings. The number of carbonyl (C=O) groups is 2. The molecular formula is C65H51BCl11N20O9. The minimum absolute atomic E-state index is 0. The van der Waals surface area contributed by atoms with Gasteiger partial charge in [0.15, 0.2) is 47.6 Å². The van der Waals surface area contributed by atoms with Crippen molar-refractivity contribution in [3.05, 3.63) is 243 Å². The Bertz CT molecular complexity index is 5610. The second-order valence-electron chi connectivity index (χ2n) is 21.0. The van der Waals surface area contributed by atoms with Gasteiger partial charge in [0.1, 0.15) is 38.8 Å². The van der Waals surface area contributed by atoms with E-state index >= 15 is 0 Å². The van der Waals surface area contributed by atoms with E-state index in [1.54, 1.807) is 60.9 Å². The molecule has 13 aromatic heterocycles. The molecular weight excluding hydrogens is 1610 g/mol. The molecule has 0 bridgehead atoms. The minimum Gasteiger partial charge on any atom is -0.537 e. The maximum atomic E-state index is 11.2. The highest BCUT2D eigenvalue weighted by atomic mass is 35.5. The molecule has 1 saturated heterocycles. The van der Waals surface area contributed by atoms with Crippen LogP contribution in [-0.2, 0) is 4.74 Å². The number of halogens is 11. The van der Waals surface area contributed by atoms with Crippen LogP contribution in [0.3, 0.4) is 0 Å². The average Bonchev–Trinajstić information content (AvgIpc) is 1.31. The van der Waals surface area contributed by atoms with Crippen LogP contribution in [-0.4, -0.2) is 134 Å². The number of para-hydroxylation sites is 1. The SMILES string of the molecule is C.C.CC(C)c1ccccc1O[B]O.Clc1cnc2c(Cl)nnc(Cl)c2c1.Clc1cnc2c(N3CCCCC3)nnc(Cl)c2c1.Clc1nnc(Cl)c2ncccc12.O=C1OC(=O)c2ncccc21.O=c1[nH][nH]c(=O)c2ncccc12.O=c1[nH]nc(Cl)c2cc(Cl)cnc12.O=c1[nH]nc(Cl)c2ncc(Cl)cc12. The molecule has 0 saturated carbocycles. The highest BCUT2D eigenvalue weighted by molar-refractivity contribution is 6.40. The molecule has 106 heavy (non-hydrogen) atoms.